The third kappa shape index (κ3) is 3.25. The summed E-state index contributed by atoms with van der Waals surface area (Å²) in [6.45, 7) is 2.96. The number of amides is 1. The SMILES string of the molecule is O=C(/C=C/c1c(Cl)nc2ccccn12)N1CCN(c2nccs2)CC1. The number of hydrogen-bond acceptors (Lipinski definition) is 5. The summed E-state index contributed by atoms with van der Waals surface area (Å²) in [6.07, 6.45) is 6.99. The number of halogens is 1. The summed E-state index contributed by atoms with van der Waals surface area (Å²) in [5.74, 6) is -0.0132. The van der Waals surface area contributed by atoms with Crippen LogP contribution in [0.3, 0.4) is 0 Å². The zero-order valence-electron chi connectivity index (χ0n) is 13.4. The molecule has 0 N–H and O–H groups in total. The Bertz CT molecular complexity index is 912. The highest BCUT2D eigenvalue weighted by atomic mass is 35.5. The third-order valence-corrected chi connectivity index (χ3v) is 5.30. The van der Waals surface area contributed by atoms with Crippen molar-refractivity contribution in [3.05, 3.63) is 52.9 Å². The zero-order chi connectivity index (χ0) is 17.2. The molecule has 0 saturated carbocycles. The van der Waals surface area contributed by atoms with Crippen LogP contribution in [0.5, 0.6) is 0 Å². The molecule has 1 aliphatic rings. The molecule has 0 aliphatic carbocycles. The molecule has 8 heteroatoms. The molecule has 1 aliphatic heterocycles. The van der Waals surface area contributed by atoms with Crippen LogP contribution in [-0.2, 0) is 4.79 Å². The van der Waals surface area contributed by atoms with Gasteiger partial charge in [0.25, 0.3) is 0 Å². The van der Waals surface area contributed by atoms with E-state index >= 15 is 0 Å². The Balaban J connectivity index is 1.43. The minimum absolute atomic E-state index is 0.0132. The lowest BCUT2D eigenvalue weighted by Gasteiger charge is -2.34. The van der Waals surface area contributed by atoms with Gasteiger partial charge in [-0.25, -0.2) is 9.97 Å². The van der Waals surface area contributed by atoms with E-state index in [1.54, 1.807) is 29.7 Å². The van der Waals surface area contributed by atoms with Crippen molar-refractivity contribution in [2.24, 2.45) is 0 Å². The maximum atomic E-state index is 12.5. The molecule has 6 nitrogen and oxygen atoms in total. The molecule has 128 valence electrons. The average molecular weight is 374 g/mol. The molecule has 0 atom stereocenters. The Morgan fingerprint density at radius 1 is 1.24 bits per heavy atom. The highest BCUT2D eigenvalue weighted by Gasteiger charge is 2.21. The van der Waals surface area contributed by atoms with E-state index < -0.39 is 0 Å². The van der Waals surface area contributed by atoms with E-state index in [9.17, 15) is 4.79 Å². The fraction of sp³-hybridized carbons (Fsp3) is 0.235. The van der Waals surface area contributed by atoms with E-state index in [2.05, 4.69) is 14.9 Å². The van der Waals surface area contributed by atoms with Gasteiger partial charge in [-0.05, 0) is 18.2 Å². The Kier molecular flexibility index (Phi) is 4.42. The molecule has 1 fully saturated rings. The van der Waals surface area contributed by atoms with Crippen molar-refractivity contribution in [1.82, 2.24) is 19.3 Å². The second-order valence-electron chi connectivity index (χ2n) is 5.68. The molecule has 0 spiro atoms. The van der Waals surface area contributed by atoms with Crippen LogP contribution in [0.25, 0.3) is 11.7 Å². The molecule has 0 radical (unpaired) electrons. The summed E-state index contributed by atoms with van der Waals surface area (Å²) < 4.78 is 1.87. The van der Waals surface area contributed by atoms with Gasteiger partial charge in [0.1, 0.15) is 5.65 Å². The quantitative estimate of drug-likeness (QED) is 0.662. The van der Waals surface area contributed by atoms with E-state index in [1.807, 2.05) is 39.1 Å². The lowest BCUT2D eigenvalue weighted by Crippen LogP contribution is -2.48. The summed E-state index contributed by atoms with van der Waals surface area (Å²) in [5.41, 5.74) is 1.48. The van der Waals surface area contributed by atoms with Gasteiger partial charge in [0.15, 0.2) is 10.3 Å². The topological polar surface area (TPSA) is 53.7 Å². The molecule has 3 aromatic heterocycles. The molecule has 4 heterocycles. The molecule has 1 saturated heterocycles. The molecule has 3 aromatic rings. The number of aromatic nitrogens is 3. The second kappa shape index (κ2) is 6.85. The first kappa shape index (κ1) is 16.1. The minimum Gasteiger partial charge on any atom is -0.345 e. The number of carbonyl (C=O) groups is 1. The number of thiazole rings is 1. The Morgan fingerprint density at radius 3 is 2.84 bits per heavy atom. The first-order chi connectivity index (χ1) is 12.2. The van der Waals surface area contributed by atoms with Crippen LogP contribution in [0.2, 0.25) is 5.15 Å². The van der Waals surface area contributed by atoms with Crippen LogP contribution in [0.1, 0.15) is 5.69 Å². The van der Waals surface area contributed by atoms with Gasteiger partial charge in [-0.1, -0.05) is 17.7 Å². The summed E-state index contributed by atoms with van der Waals surface area (Å²) >= 11 is 7.82. The van der Waals surface area contributed by atoms with Gasteiger partial charge in [0.2, 0.25) is 5.91 Å². The van der Waals surface area contributed by atoms with Crippen molar-refractivity contribution >= 4 is 45.7 Å². The minimum atomic E-state index is -0.0132. The summed E-state index contributed by atoms with van der Waals surface area (Å²) in [4.78, 5) is 25.1. The van der Waals surface area contributed by atoms with Crippen LogP contribution in [0, 0.1) is 0 Å². The van der Waals surface area contributed by atoms with Crippen molar-refractivity contribution < 1.29 is 4.79 Å². The number of fused-ring (bicyclic) bond motifs is 1. The van der Waals surface area contributed by atoms with Crippen LogP contribution >= 0.6 is 22.9 Å². The van der Waals surface area contributed by atoms with Gasteiger partial charge in [0.05, 0.1) is 5.69 Å². The molecular formula is C17H16ClN5OS. The fourth-order valence-corrected chi connectivity index (χ4v) is 3.82. The smallest absolute Gasteiger partial charge is 0.246 e. The number of carbonyl (C=O) groups excluding carboxylic acids is 1. The third-order valence-electron chi connectivity index (χ3n) is 4.19. The summed E-state index contributed by atoms with van der Waals surface area (Å²) in [7, 11) is 0. The van der Waals surface area contributed by atoms with E-state index in [0.717, 1.165) is 23.9 Å². The molecule has 25 heavy (non-hydrogen) atoms. The predicted molar refractivity (Wildman–Crippen MR) is 100 cm³/mol. The number of rotatable bonds is 3. The first-order valence-corrected chi connectivity index (χ1v) is 9.22. The standard InChI is InChI=1S/C17H16ClN5OS/c18-16-13(23-7-2-1-3-14(23)20-16)4-5-15(24)21-8-10-22(11-9-21)17-19-6-12-25-17/h1-7,12H,8-11H2/b5-4+. The highest BCUT2D eigenvalue weighted by molar-refractivity contribution is 7.13. The van der Waals surface area contributed by atoms with E-state index in [1.165, 1.54) is 0 Å². The van der Waals surface area contributed by atoms with Crippen molar-refractivity contribution in [2.45, 2.75) is 0 Å². The van der Waals surface area contributed by atoms with Crippen molar-refractivity contribution in [2.75, 3.05) is 31.1 Å². The lowest BCUT2D eigenvalue weighted by molar-refractivity contribution is -0.126. The maximum Gasteiger partial charge on any atom is 0.246 e. The number of hydrogen-bond donors (Lipinski definition) is 0. The molecule has 0 unspecified atom stereocenters. The Labute approximate surface area is 154 Å². The number of imidazole rings is 1. The Hall–Kier alpha value is -2.38. The van der Waals surface area contributed by atoms with Crippen LogP contribution < -0.4 is 4.90 Å². The van der Waals surface area contributed by atoms with Crippen molar-refractivity contribution in [3.8, 4) is 0 Å². The molecule has 4 rings (SSSR count). The number of piperazine rings is 1. The predicted octanol–water partition coefficient (Wildman–Crippen LogP) is 2.81. The first-order valence-electron chi connectivity index (χ1n) is 7.96. The number of nitrogens with zero attached hydrogens (tertiary/aromatic N) is 5. The van der Waals surface area contributed by atoms with Crippen molar-refractivity contribution in [3.63, 3.8) is 0 Å². The van der Waals surface area contributed by atoms with Crippen LogP contribution in [0.4, 0.5) is 5.13 Å². The van der Waals surface area contributed by atoms with E-state index in [0.29, 0.717) is 23.9 Å². The van der Waals surface area contributed by atoms with Gasteiger partial charge in [-0.2, -0.15) is 0 Å². The fourth-order valence-electron chi connectivity index (χ4n) is 2.88. The largest absolute Gasteiger partial charge is 0.345 e. The molecule has 1 amide bonds. The zero-order valence-corrected chi connectivity index (χ0v) is 15.0. The van der Waals surface area contributed by atoms with Gasteiger partial charge >= 0.3 is 0 Å². The van der Waals surface area contributed by atoms with Gasteiger partial charge in [0, 0.05) is 50.0 Å². The number of anilines is 1. The summed E-state index contributed by atoms with van der Waals surface area (Å²) in [5, 5.41) is 3.37. The van der Waals surface area contributed by atoms with Gasteiger partial charge < -0.3 is 9.80 Å². The lowest BCUT2D eigenvalue weighted by atomic mass is 10.3. The molecular weight excluding hydrogens is 358 g/mol. The van der Waals surface area contributed by atoms with Gasteiger partial charge in [-0.3, -0.25) is 9.20 Å². The highest BCUT2D eigenvalue weighted by Crippen LogP contribution is 2.20. The summed E-state index contributed by atoms with van der Waals surface area (Å²) in [6, 6.07) is 5.68. The van der Waals surface area contributed by atoms with Crippen LogP contribution in [-0.4, -0.2) is 51.4 Å². The number of pyridine rings is 1. The van der Waals surface area contributed by atoms with Gasteiger partial charge in [-0.15, -0.1) is 11.3 Å². The normalized spacial score (nSPS) is 15.4. The Morgan fingerprint density at radius 2 is 2.08 bits per heavy atom. The van der Waals surface area contributed by atoms with E-state index in [4.69, 9.17) is 11.6 Å². The monoisotopic (exact) mass is 373 g/mol. The van der Waals surface area contributed by atoms with Crippen molar-refractivity contribution in [1.29, 1.82) is 0 Å². The van der Waals surface area contributed by atoms with Crippen LogP contribution in [0.15, 0.2) is 42.0 Å². The maximum absolute atomic E-state index is 12.5. The average Bonchev–Trinajstić information content (AvgIpc) is 3.27. The molecule has 0 bridgehead atoms. The van der Waals surface area contributed by atoms with E-state index in [-0.39, 0.29) is 5.91 Å². The second-order valence-corrected chi connectivity index (χ2v) is 6.91. The molecule has 0 aromatic carbocycles.